The summed E-state index contributed by atoms with van der Waals surface area (Å²) in [5.74, 6) is 0.820. The molecular formula is C13H26N2O2. The molecule has 1 atom stereocenters. The Morgan fingerprint density at radius 3 is 2.71 bits per heavy atom. The number of amides is 1. The van der Waals surface area contributed by atoms with Crippen LogP contribution in [0, 0.1) is 5.92 Å². The fourth-order valence-electron chi connectivity index (χ4n) is 2.17. The molecule has 1 aliphatic rings. The van der Waals surface area contributed by atoms with Crippen LogP contribution in [0.5, 0.6) is 0 Å². The van der Waals surface area contributed by atoms with Gasteiger partial charge in [-0.2, -0.15) is 0 Å². The van der Waals surface area contributed by atoms with Gasteiger partial charge in [-0.25, -0.2) is 0 Å². The molecule has 0 saturated heterocycles. The first-order chi connectivity index (χ1) is 8.19. The Kier molecular flexibility index (Phi) is 6.52. The van der Waals surface area contributed by atoms with Crippen LogP contribution in [0.15, 0.2) is 0 Å². The number of nitrogens with two attached hydrogens (primary N) is 1. The average molecular weight is 242 g/mol. The predicted octanol–water partition coefficient (Wildman–Crippen LogP) is 1.39. The van der Waals surface area contributed by atoms with Crippen molar-refractivity contribution in [2.45, 2.75) is 45.1 Å². The molecular weight excluding hydrogens is 216 g/mol. The van der Waals surface area contributed by atoms with Gasteiger partial charge in [0.25, 0.3) is 0 Å². The van der Waals surface area contributed by atoms with Crippen molar-refractivity contribution in [2.75, 3.05) is 26.8 Å². The van der Waals surface area contributed by atoms with Crippen LogP contribution in [0.4, 0.5) is 0 Å². The lowest BCUT2D eigenvalue weighted by atomic mass is 9.85. The summed E-state index contributed by atoms with van der Waals surface area (Å²) in [5.41, 5.74) is 5.92. The lowest BCUT2D eigenvalue weighted by Gasteiger charge is -2.33. The molecule has 0 spiro atoms. The third kappa shape index (κ3) is 4.64. The zero-order chi connectivity index (χ0) is 12.7. The highest BCUT2D eigenvalue weighted by molar-refractivity contribution is 5.81. The standard InChI is InChI=1S/C13H26N2O2/c1-3-15(10-11-6-4-7-11)13(16)12(14)8-5-9-17-2/h11-12H,3-10,14H2,1-2H3. The highest BCUT2D eigenvalue weighted by Gasteiger charge is 2.25. The van der Waals surface area contributed by atoms with E-state index in [1.165, 1.54) is 19.3 Å². The van der Waals surface area contributed by atoms with Crippen LogP contribution >= 0.6 is 0 Å². The fraction of sp³-hybridized carbons (Fsp3) is 0.923. The van der Waals surface area contributed by atoms with Crippen molar-refractivity contribution < 1.29 is 9.53 Å². The molecule has 0 aromatic rings. The topological polar surface area (TPSA) is 55.6 Å². The maximum atomic E-state index is 12.1. The summed E-state index contributed by atoms with van der Waals surface area (Å²) in [6.07, 6.45) is 5.42. The van der Waals surface area contributed by atoms with E-state index < -0.39 is 0 Å². The van der Waals surface area contributed by atoms with Gasteiger partial charge < -0.3 is 15.4 Å². The number of methoxy groups -OCH3 is 1. The minimum absolute atomic E-state index is 0.107. The van der Waals surface area contributed by atoms with Crippen LogP contribution in [-0.2, 0) is 9.53 Å². The number of rotatable bonds is 8. The summed E-state index contributed by atoms with van der Waals surface area (Å²) in [6, 6.07) is -0.356. The molecule has 1 aliphatic carbocycles. The largest absolute Gasteiger partial charge is 0.385 e. The highest BCUT2D eigenvalue weighted by atomic mass is 16.5. The predicted molar refractivity (Wildman–Crippen MR) is 68.7 cm³/mol. The zero-order valence-electron chi connectivity index (χ0n) is 11.2. The Morgan fingerprint density at radius 2 is 2.24 bits per heavy atom. The molecule has 0 heterocycles. The van der Waals surface area contributed by atoms with Crippen molar-refractivity contribution in [1.82, 2.24) is 4.90 Å². The molecule has 0 radical (unpaired) electrons. The molecule has 4 heteroatoms. The molecule has 4 nitrogen and oxygen atoms in total. The van der Waals surface area contributed by atoms with Gasteiger partial charge in [0.15, 0.2) is 0 Å². The summed E-state index contributed by atoms with van der Waals surface area (Å²) in [5, 5.41) is 0. The lowest BCUT2D eigenvalue weighted by Crippen LogP contribution is -2.46. The van der Waals surface area contributed by atoms with Crippen molar-refractivity contribution in [2.24, 2.45) is 11.7 Å². The Bertz CT molecular complexity index is 229. The summed E-state index contributed by atoms with van der Waals surface area (Å²) < 4.78 is 4.97. The van der Waals surface area contributed by atoms with Crippen LogP contribution in [0.25, 0.3) is 0 Å². The lowest BCUT2D eigenvalue weighted by molar-refractivity contribution is -0.133. The van der Waals surface area contributed by atoms with Crippen LogP contribution in [-0.4, -0.2) is 43.7 Å². The number of likely N-dealkylation sites (N-methyl/N-ethyl adjacent to an activating group) is 1. The fourth-order valence-corrected chi connectivity index (χ4v) is 2.17. The van der Waals surface area contributed by atoms with Gasteiger partial charge in [-0.15, -0.1) is 0 Å². The van der Waals surface area contributed by atoms with E-state index in [1.807, 2.05) is 11.8 Å². The Morgan fingerprint density at radius 1 is 1.53 bits per heavy atom. The van der Waals surface area contributed by atoms with Gasteiger partial charge >= 0.3 is 0 Å². The van der Waals surface area contributed by atoms with Gasteiger partial charge in [-0.1, -0.05) is 6.42 Å². The Labute approximate surface area is 104 Å². The quantitative estimate of drug-likeness (QED) is 0.654. The maximum absolute atomic E-state index is 12.1. The first-order valence-electron chi connectivity index (χ1n) is 6.72. The molecule has 0 aromatic heterocycles. The van der Waals surface area contributed by atoms with Crippen molar-refractivity contribution >= 4 is 5.91 Å². The minimum Gasteiger partial charge on any atom is -0.385 e. The van der Waals surface area contributed by atoms with Gasteiger partial charge in [0, 0.05) is 26.8 Å². The van der Waals surface area contributed by atoms with Crippen LogP contribution in [0.3, 0.4) is 0 Å². The van der Waals surface area contributed by atoms with Gasteiger partial charge in [-0.3, -0.25) is 4.79 Å². The molecule has 1 unspecified atom stereocenters. The molecule has 0 aromatic carbocycles. The second kappa shape index (κ2) is 7.67. The second-order valence-corrected chi connectivity index (χ2v) is 4.92. The van der Waals surface area contributed by atoms with Crippen molar-refractivity contribution in [3.8, 4) is 0 Å². The Balaban J connectivity index is 2.30. The second-order valence-electron chi connectivity index (χ2n) is 4.92. The number of carbonyl (C=O) groups is 1. The zero-order valence-corrected chi connectivity index (χ0v) is 11.2. The molecule has 0 aliphatic heterocycles. The maximum Gasteiger partial charge on any atom is 0.239 e. The average Bonchev–Trinajstić information content (AvgIpc) is 2.27. The van der Waals surface area contributed by atoms with Gasteiger partial charge in [0.1, 0.15) is 0 Å². The first-order valence-corrected chi connectivity index (χ1v) is 6.72. The molecule has 1 saturated carbocycles. The Hall–Kier alpha value is -0.610. The number of hydrogen-bond donors (Lipinski definition) is 1. The summed E-state index contributed by atoms with van der Waals surface area (Å²) in [4.78, 5) is 14.0. The van der Waals surface area contributed by atoms with E-state index in [2.05, 4.69) is 0 Å². The first kappa shape index (κ1) is 14.5. The third-order valence-electron chi connectivity index (χ3n) is 3.58. The highest BCUT2D eigenvalue weighted by Crippen LogP contribution is 2.27. The van der Waals surface area contributed by atoms with Crippen molar-refractivity contribution in [3.05, 3.63) is 0 Å². The van der Waals surface area contributed by atoms with Crippen LogP contribution in [0.1, 0.15) is 39.0 Å². The van der Waals surface area contributed by atoms with Gasteiger partial charge in [-0.05, 0) is 38.5 Å². The van der Waals surface area contributed by atoms with E-state index >= 15 is 0 Å². The number of ether oxygens (including phenoxy) is 1. The van der Waals surface area contributed by atoms with E-state index in [1.54, 1.807) is 7.11 Å². The van der Waals surface area contributed by atoms with E-state index in [-0.39, 0.29) is 11.9 Å². The van der Waals surface area contributed by atoms with Gasteiger partial charge in [0.2, 0.25) is 5.91 Å². The molecule has 0 bridgehead atoms. The van der Waals surface area contributed by atoms with Crippen molar-refractivity contribution in [1.29, 1.82) is 0 Å². The number of hydrogen-bond acceptors (Lipinski definition) is 3. The van der Waals surface area contributed by atoms with Crippen LogP contribution < -0.4 is 5.73 Å². The molecule has 100 valence electrons. The van der Waals surface area contributed by atoms with E-state index in [0.717, 1.165) is 19.5 Å². The molecule has 2 N–H and O–H groups in total. The van der Waals surface area contributed by atoms with Crippen LogP contribution in [0.2, 0.25) is 0 Å². The molecule has 1 rings (SSSR count). The van der Waals surface area contributed by atoms with E-state index in [9.17, 15) is 4.79 Å². The number of nitrogens with zero attached hydrogens (tertiary/aromatic N) is 1. The smallest absolute Gasteiger partial charge is 0.239 e. The molecule has 1 fully saturated rings. The van der Waals surface area contributed by atoms with E-state index in [0.29, 0.717) is 18.9 Å². The van der Waals surface area contributed by atoms with E-state index in [4.69, 9.17) is 10.5 Å². The third-order valence-corrected chi connectivity index (χ3v) is 3.58. The summed E-state index contributed by atoms with van der Waals surface area (Å²) >= 11 is 0. The minimum atomic E-state index is -0.356. The van der Waals surface area contributed by atoms with Crippen molar-refractivity contribution in [3.63, 3.8) is 0 Å². The SMILES string of the molecule is CCN(CC1CCC1)C(=O)C(N)CCCOC. The summed E-state index contributed by atoms with van der Waals surface area (Å²) in [7, 11) is 1.67. The monoisotopic (exact) mass is 242 g/mol. The molecule has 17 heavy (non-hydrogen) atoms. The normalized spacial score (nSPS) is 17.6. The van der Waals surface area contributed by atoms with Gasteiger partial charge in [0.05, 0.1) is 6.04 Å². The molecule has 1 amide bonds. The number of carbonyl (C=O) groups excluding carboxylic acids is 1. The summed E-state index contributed by atoms with van der Waals surface area (Å²) in [6.45, 7) is 4.37.